The molecule has 87 valence electrons. The fraction of sp³-hybridized carbons (Fsp3) is 1.00. The first-order valence-corrected chi connectivity index (χ1v) is 11.7. The maximum atomic E-state index is 6.04. The van der Waals surface area contributed by atoms with Crippen LogP contribution in [0, 0.1) is 0 Å². The van der Waals surface area contributed by atoms with Crippen LogP contribution >= 0.6 is 4.73 Å². The molecule has 15 heavy (non-hydrogen) atoms. The van der Waals surface area contributed by atoms with Crippen molar-refractivity contribution in [3.05, 3.63) is 0 Å². The molecule has 0 aliphatic heterocycles. The first-order valence-electron chi connectivity index (χ1n) is 6.51. The minimum atomic E-state index is -1.14. The average molecular weight is 308 g/mol. The second-order valence-electron chi connectivity index (χ2n) is 5.23. The molecular weight excluding hydrogens is 286 g/mol. The van der Waals surface area contributed by atoms with E-state index in [9.17, 15) is 0 Å². The summed E-state index contributed by atoms with van der Waals surface area (Å²) in [5.74, 6) is 0. The molecule has 0 aromatic carbocycles. The topological polar surface area (TPSA) is 0 Å². The van der Waals surface area contributed by atoms with Crippen LogP contribution in [-0.4, -0.2) is 26.9 Å². The van der Waals surface area contributed by atoms with Gasteiger partial charge in [0.15, 0.2) is 0 Å². The molecule has 2 saturated carbocycles. The van der Waals surface area contributed by atoms with Crippen LogP contribution in [0.2, 0.25) is 0 Å². The molecule has 0 amide bonds. The summed E-state index contributed by atoms with van der Waals surface area (Å²) in [6.45, 7) is 0. The van der Waals surface area contributed by atoms with E-state index in [0.29, 0.717) is 0 Å². The molecule has 1 radical (unpaired) electrons. The summed E-state index contributed by atoms with van der Waals surface area (Å²) in [6, 6.07) is 0. The standard InChI is InChI=1S/C12H22PSSe/c14-13(15,11-7-3-1-4-8-11)12-9-5-2-6-10-12/h11-12H,1-10H2. The number of hydrogen-bond donors (Lipinski definition) is 0. The van der Waals surface area contributed by atoms with Gasteiger partial charge in [-0.15, -0.1) is 0 Å². The van der Waals surface area contributed by atoms with E-state index >= 15 is 0 Å². The molecule has 0 spiro atoms. The van der Waals surface area contributed by atoms with Crippen LogP contribution < -0.4 is 0 Å². The van der Waals surface area contributed by atoms with Crippen LogP contribution in [0.4, 0.5) is 0 Å². The number of rotatable bonds is 2. The molecule has 2 aliphatic carbocycles. The van der Waals surface area contributed by atoms with Crippen molar-refractivity contribution in [1.82, 2.24) is 0 Å². The summed E-state index contributed by atoms with van der Waals surface area (Å²) in [5.41, 5.74) is 1.81. The monoisotopic (exact) mass is 309 g/mol. The Labute approximate surface area is 107 Å². The summed E-state index contributed by atoms with van der Waals surface area (Å²) in [5, 5.41) is 0. The summed E-state index contributed by atoms with van der Waals surface area (Å²) < 4.78 is -1.14. The molecule has 0 heterocycles. The quantitative estimate of drug-likeness (QED) is 0.544. The van der Waals surface area contributed by atoms with Crippen molar-refractivity contribution in [1.29, 1.82) is 0 Å². The van der Waals surface area contributed by atoms with Crippen LogP contribution in [0.3, 0.4) is 0 Å². The Morgan fingerprint density at radius 1 is 0.733 bits per heavy atom. The zero-order chi connectivity index (χ0) is 10.7. The van der Waals surface area contributed by atoms with Gasteiger partial charge in [-0.3, -0.25) is 0 Å². The second-order valence-corrected chi connectivity index (χ2v) is 15.2. The van der Waals surface area contributed by atoms with E-state index in [1.54, 1.807) is 0 Å². The molecule has 0 aromatic heterocycles. The van der Waals surface area contributed by atoms with Crippen LogP contribution in [0.1, 0.15) is 64.2 Å². The van der Waals surface area contributed by atoms with Crippen molar-refractivity contribution in [2.75, 3.05) is 0 Å². The Hall–Kier alpha value is 1.17. The first kappa shape index (κ1) is 12.6. The van der Waals surface area contributed by atoms with E-state index < -0.39 is 4.73 Å². The SMILES string of the molecule is S=P([Se])(C1CCCCC1)C1CCCCC1. The van der Waals surface area contributed by atoms with E-state index in [1.165, 1.54) is 64.2 Å². The summed E-state index contributed by atoms with van der Waals surface area (Å²) >= 11 is 9.56. The van der Waals surface area contributed by atoms with Crippen LogP contribution in [0.5, 0.6) is 0 Å². The zero-order valence-electron chi connectivity index (χ0n) is 9.49. The molecule has 2 fully saturated rings. The van der Waals surface area contributed by atoms with Crippen molar-refractivity contribution in [2.24, 2.45) is 0 Å². The molecular formula is C12H22PSSe. The van der Waals surface area contributed by atoms with Gasteiger partial charge in [0, 0.05) is 0 Å². The van der Waals surface area contributed by atoms with Gasteiger partial charge in [0.2, 0.25) is 0 Å². The molecule has 2 aliphatic rings. The van der Waals surface area contributed by atoms with Gasteiger partial charge in [0.05, 0.1) is 0 Å². The van der Waals surface area contributed by atoms with Gasteiger partial charge in [-0.25, -0.2) is 0 Å². The fourth-order valence-corrected chi connectivity index (χ4v) is 9.86. The summed E-state index contributed by atoms with van der Waals surface area (Å²) in [7, 11) is 0. The predicted molar refractivity (Wildman–Crippen MR) is 73.8 cm³/mol. The average Bonchev–Trinajstić information content (AvgIpc) is 2.31. The Balaban J connectivity index is 1.99. The van der Waals surface area contributed by atoms with E-state index in [0.717, 1.165) is 11.3 Å². The summed E-state index contributed by atoms with van der Waals surface area (Å²) in [4.78, 5) is 0. The predicted octanol–water partition coefficient (Wildman–Crippen LogP) is 4.21. The summed E-state index contributed by atoms with van der Waals surface area (Å²) in [6.07, 6.45) is 14.4. The van der Waals surface area contributed by atoms with E-state index in [4.69, 9.17) is 11.8 Å². The van der Waals surface area contributed by atoms with Crippen molar-refractivity contribution in [3.8, 4) is 0 Å². The van der Waals surface area contributed by atoms with Gasteiger partial charge in [-0.2, -0.15) is 0 Å². The van der Waals surface area contributed by atoms with Gasteiger partial charge >= 0.3 is 108 Å². The normalized spacial score (nSPS) is 26.7. The molecule has 0 nitrogen and oxygen atoms in total. The fourth-order valence-electron chi connectivity index (χ4n) is 3.18. The zero-order valence-corrected chi connectivity index (χ0v) is 12.9. The molecule has 2 rings (SSSR count). The van der Waals surface area contributed by atoms with Gasteiger partial charge in [-0.05, 0) is 0 Å². The molecule has 0 atom stereocenters. The molecule has 0 aromatic rings. The van der Waals surface area contributed by atoms with Crippen molar-refractivity contribution in [3.63, 3.8) is 0 Å². The van der Waals surface area contributed by atoms with E-state index in [1.807, 2.05) is 0 Å². The van der Waals surface area contributed by atoms with Crippen molar-refractivity contribution < 1.29 is 0 Å². The molecule has 0 N–H and O–H groups in total. The third-order valence-electron chi connectivity index (χ3n) is 4.17. The Bertz CT molecular complexity index is 220. The van der Waals surface area contributed by atoms with E-state index in [2.05, 4.69) is 15.6 Å². The molecule has 0 saturated heterocycles. The van der Waals surface area contributed by atoms with Crippen LogP contribution in [0.15, 0.2) is 0 Å². The third kappa shape index (κ3) is 3.09. The maximum absolute atomic E-state index is 6.04. The van der Waals surface area contributed by atoms with Gasteiger partial charge in [0.25, 0.3) is 0 Å². The van der Waals surface area contributed by atoms with Gasteiger partial charge < -0.3 is 0 Å². The molecule has 0 bridgehead atoms. The van der Waals surface area contributed by atoms with Crippen LogP contribution in [-0.2, 0) is 11.8 Å². The Morgan fingerprint density at radius 2 is 1.07 bits per heavy atom. The molecule has 0 unspecified atom stereocenters. The Morgan fingerprint density at radius 3 is 1.40 bits per heavy atom. The van der Waals surface area contributed by atoms with E-state index in [-0.39, 0.29) is 0 Å². The minimum absolute atomic E-state index is 0.907. The van der Waals surface area contributed by atoms with Crippen molar-refractivity contribution in [2.45, 2.75) is 75.5 Å². The third-order valence-corrected chi connectivity index (χ3v) is 12.8. The van der Waals surface area contributed by atoms with Gasteiger partial charge in [-0.1, -0.05) is 0 Å². The Kier molecular flexibility index (Phi) is 4.77. The first-order chi connectivity index (χ1) is 7.21. The second kappa shape index (κ2) is 5.67. The van der Waals surface area contributed by atoms with Crippen LogP contribution in [0.25, 0.3) is 0 Å². The molecule has 3 heteroatoms. The number of hydrogen-bond acceptors (Lipinski definition) is 1. The van der Waals surface area contributed by atoms with Crippen molar-refractivity contribution >= 4 is 32.1 Å². The van der Waals surface area contributed by atoms with Gasteiger partial charge in [0.1, 0.15) is 0 Å².